The molecular formula is C14H22Na2O6. The summed E-state index contributed by atoms with van der Waals surface area (Å²) in [5, 5.41) is 19.0. The van der Waals surface area contributed by atoms with E-state index in [0.29, 0.717) is 52.1 Å². The second kappa shape index (κ2) is 11.2. The Bertz CT molecular complexity index is 383. The first-order valence-electron chi connectivity index (χ1n) is 6.97. The molecule has 0 bridgehead atoms. The maximum Gasteiger partial charge on any atom is 1.00 e. The molecule has 2 fully saturated rings. The van der Waals surface area contributed by atoms with Gasteiger partial charge < -0.3 is 22.5 Å². The van der Waals surface area contributed by atoms with Gasteiger partial charge in [0.25, 0.3) is 0 Å². The Morgan fingerprint density at radius 2 is 1.00 bits per heavy atom. The zero-order chi connectivity index (χ0) is 14.5. The molecule has 0 aromatic carbocycles. The second-order valence-corrected chi connectivity index (χ2v) is 5.21. The zero-order valence-electron chi connectivity index (χ0n) is 15.3. The molecule has 22 heavy (non-hydrogen) atoms. The van der Waals surface area contributed by atoms with Crippen LogP contribution in [0.1, 0.15) is 28.5 Å². The van der Waals surface area contributed by atoms with Crippen LogP contribution in [-0.2, 0) is 19.1 Å². The van der Waals surface area contributed by atoms with Crippen LogP contribution in [0, 0.1) is 11.8 Å². The molecule has 0 amide bonds. The predicted molar refractivity (Wildman–Crippen MR) is 71.6 cm³/mol. The van der Waals surface area contributed by atoms with E-state index in [1.807, 2.05) is 0 Å². The number of aliphatic carboxylic acids is 2. The number of rotatable bonds is 4. The van der Waals surface area contributed by atoms with Crippen molar-refractivity contribution in [3.05, 3.63) is 11.1 Å². The summed E-state index contributed by atoms with van der Waals surface area (Å²) in [5.74, 6) is -2.67. The van der Waals surface area contributed by atoms with Gasteiger partial charge in [-0.25, -0.2) is 9.59 Å². The summed E-state index contributed by atoms with van der Waals surface area (Å²) in [6, 6.07) is 0. The molecule has 0 spiro atoms. The second-order valence-electron chi connectivity index (χ2n) is 5.21. The molecule has 0 radical (unpaired) electrons. The molecule has 2 aliphatic rings. The average Bonchev–Trinajstić information content (AvgIpc) is 2.45. The van der Waals surface area contributed by atoms with Crippen molar-refractivity contribution < 1.29 is 91.2 Å². The summed E-state index contributed by atoms with van der Waals surface area (Å²) in [7, 11) is 0. The molecule has 0 aromatic rings. The van der Waals surface area contributed by atoms with Crippen LogP contribution in [0.4, 0.5) is 0 Å². The predicted octanol–water partition coefficient (Wildman–Crippen LogP) is -4.46. The van der Waals surface area contributed by atoms with E-state index in [4.69, 9.17) is 9.47 Å². The van der Waals surface area contributed by atoms with Gasteiger partial charge in [0, 0.05) is 26.4 Å². The fourth-order valence-corrected chi connectivity index (χ4v) is 2.99. The minimum absolute atomic E-state index is 0. The third-order valence-electron chi connectivity index (χ3n) is 4.01. The topological polar surface area (TPSA) is 93.1 Å². The van der Waals surface area contributed by atoms with Crippen molar-refractivity contribution >= 4 is 11.9 Å². The Kier molecular flexibility index (Phi) is 11.5. The van der Waals surface area contributed by atoms with Crippen LogP contribution in [0.5, 0.6) is 0 Å². The van der Waals surface area contributed by atoms with Gasteiger partial charge in [0.1, 0.15) is 0 Å². The van der Waals surface area contributed by atoms with Gasteiger partial charge in [-0.3, -0.25) is 0 Å². The molecule has 6 nitrogen and oxygen atoms in total. The van der Waals surface area contributed by atoms with Gasteiger partial charge in [0.05, 0.1) is 11.1 Å². The van der Waals surface area contributed by atoms with Crippen molar-refractivity contribution in [2.75, 3.05) is 26.4 Å². The number of hydrogen-bond acceptors (Lipinski definition) is 4. The molecule has 2 N–H and O–H groups in total. The molecular weight excluding hydrogens is 310 g/mol. The fraction of sp³-hybridized carbons (Fsp3) is 0.714. The van der Waals surface area contributed by atoms with E-state index in [0.717, 1.165) is 0 Å². The number of carboxylic acid groups (broad SMARTS) is 2. The number of hydrogen-bond donors (Lipinski definition) is 2. The normalized spacial score (nSPS) is 21.1. The maximum absolute atomic E-state index is 11.6. The largest absolute Gasteiger partial charge is 1.00 e. The van der Waals surface area contributed by atoms with Gasteiger partial charge in [0.2, 0.25) is 0 Å². The molecule has 2 saturated heterocycles. The molecule has 0 unspecified atom stereocenters. The molecule has 2 rings (SSSR count). The first-order chi connectivity index (χ1) is 9.61. The quantitative estimate of drug-likeness (QED) is 0.399. The minimum Gasteiger partial charge on any atom is -1.00 e. The molecule has 0 aromatic heterocycles. The number of carboxylic acids is 2. The van der Waals surface area contributed by atoms with Crippen molar-refractivity contribution in [2.24, 2.45) is 11.8 Å². The third kappa shape index (κ3) is 5.91. The molecule has 0 saturated carbocycles. The van der Waals surface area contributed by atoms with Crippen LogP contribution in [0.2, 0.25) is 0 Å². The third-order valence-corrected chi connectivity index (χ3v) is 4.01. The fourth-order valence-electron chi connectivity index (χ4n) is 2.99. The van der Waals surface area contributed by atoms with Crippen LogP contribution >= 0.6 is 0 Å². The summed E-state index contributed by atoms with van der Waals surface area (Å²) < 4.78 is 10.5. The Hall–Kier alpha value is 0.600. The van der Waals surface area contributed by atoms with E-state index in [-0.39, 0.29) is 84.9 Å². The Morgan fingerprint density at radius 3 is 1.23 bits per heavy atom. The van der Waals surface area contributed by atoms with Crippen molar-refractivity contribution in [1.82, 2.24) is 0 Å². The van der Waals surface area contributed by atoms with E-state index in [9.17, 15) is 19.8 Å². The van der Waals surface area contributed by atoms with E-state index in [1.165, 1.54) is 0 Å². The van der Waals surface area contributed by atoms with Gasteiger partial charge in [-0.1, -0.05) is 0 Å². The van der Waals surface area contributed by atoms with E-state index in [1.54, 1.807) is 0 Å². The standard InChI is InChI=1S/C14H20O6.2Na.2H/c15-13(16)11(9-1-5-19-6-2-9)12(14(17)18)10-3-7-20-8-4-10;;;;/h9-10H,1-8H2,(H,15,16)(H,17,18);;;;/q;2*+1;2*-1/b12-11-;;;;. The summed E-state index contributed by atoms with van der Waals surface area (Å²) in [5.41, 5.74) is 0.153. The van der Waals surface area contributed by atoms with Crippen LogP contribution in [0.15, 0.2) is 11.1 Å². The van der Waals surface area contributed by atoms with E-state index in [2.05, 4.69) is 0 Å². The van der Waals surface area contributed by atoms with Crippen molar-refractivity contribution in [3.63, 3.8) is 0 Å². The molecule has 116 valence electrons. The summed E-state index contributed by atoms with van der Waals surface area (Å²) in [6.07, 6.45) is 2.28. The SMILES string of the molecule is O=C(O)/C(=C(\C(=O)O)C1CCOCC1)C1CCOCC1.[H-].[H-].[Na+].[Na+]. The number of ether oxygens (including phenoxy) is 2. The van der Waals surface area contributed by atoms with Gasteiger partial charge >= 0.3 is 71.1 Å². The van der Waals surface area contributed by atoms with Crippen LogP contribution in [0.3, 0.4) is 0 Å². The molecule has 8 heteroatoms. The van der Waals surface area contributed by atoms with Gasteiger partial charge in [-0.05, 0) is 37.5 Å². The maximum atomic E-state index is 11.6. The monoisotopic (exact) mass is 332 g/mol. The first-order valence-corrected chi connectivity index (χ1v) is 6.97. The van der Waals surface area contributed by atoms with Gasteiger partial charge in [-0.15, -0.1) is 0 Å². The molecule has 2 aliphatic heterocycles. The average molecular weight is 332 g/mol. The zero-order valence-corrected chi connectivity index (χ0v) is 17.3. The molecule has 0 atom stereocenters. The Morgan fingerprint density at radius 1 is 0.727 bits per heavy atom. The van der Waals surface area contributed by atoms with Crippen LogP contribution < -0.4 is 59.1 Å². The Balaban J connectivity index is -0.00000110. The summed E-state index contributed by atoms with van der Waals surface area (Å²) >= 11 is 0. The van der Waals surface area contributed by atoms with E-state index >= 15 is 0 Å². The molecule has 0 aliphatic carbocycles. The first kappa shape index (κ1) is 22.6. The Labute approximate surface area is 177 Å². The van der Waals surface area contributed by atoms with Crippen molar-refractivity contribution in [1.29, 1.82) is 0 Å². The van der Waals surface area contributed by atoms with Gasteiger partial charge in [-0.2, -0.15) is 0 Å². The number of carbonyl (C=O) groups is 2. The minimum atomic E-state index is -1.11. The van der Waals surface area contributed by atoms with E-state index < -0.39 is 11.9 Å². The summed E-state index contributed by atoms with van der Waals surface area (Å²) in [6.45, 7) is 1.95. The van der Waals surface area contributed by atoms with Crippen LogP contribution in [0.25, 0.3) is 0 Å². The smallest absolute Gasteiger partial charge is 1.00 e. The summed E-state index contributed by atoms with van der Waals surface area (Å²) in [4.78, 5) is 23.2. The van der Waals surface area contributed by atoms with Crippen molar-refractivity contribution in [2.45, 2.75) is 25.7 Å². The van der Waals surface area contributed by atoms with Gasteiger partial charge in [0.15, 0.2) is 0 Å². The van der Waals surface area contributed by atoms with Crippen LogP contribution in [-0.4, -0.2) is 48.6 Å². The molecule has 2 heterocycles. The van der Waals surface area contributed by atoms with Crippen molar-refractivity contribution in [3.8, 4) is 0 Å².